The van der Waals surface area contributed by atoms with E-state index in [0.29, 0.717) is 6.61 Å². The summed E-state index contributed by atoms with van der Waals surface area (Å²) in [4.78, 5) is 13.5. The SMILES string of the molecule is COC(=O)C(C)C(C)N(C)CCOC(C)C. The molecule has 2 unspecified atom stereocenters. The van der Waals surface area contributed by atoms with Crippen molar-refractivity contribution in [1.82, 2.24) is 4.90 Å². The van der Waals surface area contributed by atoms with Crippen molar-refractivity contribution in [1.29, 1.82) is 0 Å². The summed E-state index contributed by atoms with van der Waals surface area (Å²) in [7, 11) is 3.42. The van der Waals surface area contributed by atoms with E-state index in [1.165, 1.54) is 7.11 Å². The van der Waals surface area contributed by atoms with E-state index in [1.807, 2.05) is 34.7 Å². The topological polar surface area (TPSA) is 38.8 Å². The van der Waals surface area contributed by atoms with E-state index in [4.69, 9.17) is 9.47 Å². The lowest BCUT2D eigenvalue weighted by molar-refractivity contribution is -0.147. The molecular formula is C12H25NO3. The Bertz CT molecular complexity index is 206. The van der Waals surface area contributed by atoms with Gasteiger partial charge in [0.2, 0.25) is 0 Å². The molecule has 0 aliphatic rings. The van der Waals surface area contributed by atoms with E-state index in [0.717, 1.165) is 6.54 Å². The zero-order valence-corrected chi connectivity index (χ0v) is 11.3. The highest BCUT2D eigenvalue weighted by Gasteiger charge is 2.23. The number of carbonyl (C=O) groups is 1. The van der Waals surface area contributed by atoms with Crippen molar-refractivity contribution >= 4 is 5.97 Å². The van der Waals surface area contributed by atoms with Gasteiger partial charge in [0.25, 0.3) is 0 Å². The standard InChI is InChI=1S/C12H25NO3/c1-9(2)16-8-7-13(5)11(4)10(3)12(14)15-6/h9-11H,7-8H2,1-6H3. The fourth-order valence-electron chi connectivity index (χ4n) is 1.40. The first kappa shape index (κ1) is 15.4. The molecule has 0 saturated carbocycles. The minimum absolute atomic E-state index is 0.117. The molecule has 0 N–H and O–H groups in total. The van der Waals surface area contributed by atoms with Crippen LogP contribution in [0, 0.1) is 5.92 Å². The summed E-state index contributed by atoms with van der Waals surface area (Å²) in [6.07, 6.45) is 0.252. The van der Waals surface area contributed by atoms with Crippen molar-refractivity contribution in [3.63, 3.8) is 0 Å². The lowest BCUT2D eigenvalue weighted by Gasteiger charge is -2.28. The van der Waals surface area contributed by atoms with Crippen LogP contribution in [-0.2, 0) is 14.3 Å². The van der Waals surface area contributed by atoms with Crippen LogP contribution in [0.25, 0.3) is 0 Å². The minimum atomic E-state index is -0.163. The molecule has 0 aliphatic heterocycles. The quantitative estimate of drug-likeness (QED) is 0.623. The minimum Gasteiger partial charge on any atom is -0.469 e. The van der Waals surface area contributed by atoms with Crippen LogP contribution in [0.5, 0.6) is 0 Å². The van der Waals surface area contributed by atoms with Crippen LogP contribution in [0.1, 0.15) is 27.7 Å². The fraction of sp³-hybridized carbons (Fsp3) is 0.917. The molecule has 16 heavy (non-hydrogen) atoms. The number of carbonyl (C=O) groups excluding carboxylic acids is 1. The molecule has 0 amide bonds. The molecule has 4 nitrogen and oxygen atoms in total. The van der Waals surface area contributed by atoms with E-state index in [2.05, 4.69) is 4.90 Å². The fourth-order valence-corrected chi connectivity index (χ4v) is 1.40. The average Bonchev–Trinajstić information content (AvgIpc) is 2.25. The Morgan fingerprint density at radius 1 is 1.25 bits per heavy atom. The number of rotatable bonds is 7. The van der Waals surface area contributed by atoms with Crippen LogP contribution in [0.4, 0.5) is 0 Å². The summed E-state index contributed by atoms with van der Waals surface area (Å²) in [5.74, 6) is -0.279. The Kier molecular flexibility index (Phi) is 7.34. The number of nitrogens with zero attached hydrogens (tertiary/aromatic N) is 1. The van der Waals surface area contributed by atoms with Crippen LogP contribution in [0.2, 0.25) is 0 Å². The Morgan fingerprint density at radius 2 is 1.81 bits per heavy atom. The van der Waals surface area contributed by atoms with Crippen molar-refractivity contribution in [3.8, 4) is 0 Å². The molecule has 0 bridgehead atoms. The Balaban J connectivity index is 3.97. The molecule has 0 rings (SSSR count). The largest absolute Gasteiger partial charge is 0.469 e. The zero-order valence-electron chi connectivity index (χ0n) is 11.3. The molecule has 0 aromatic carbocycles. The normalized spacial score (nSPS) is 15.2. The van der Waals surface area contributed by atoms with Gasteiger partial charge in [-0.2, -0.15) is 0 Å². The molecule has 0 aliphatic carbocycles. The van der Waals surface area contributed by atoms with E-state index in [-0.39, 0.29) is 24.0 Å². The lowest BCUT2D eigenvalue weighted by Crippen LogP contribution is -2.40. The third-order valence-electron chi connectivity index (χ3n) is 2.89. The van der Waals surface area contributed by atoms with Gasteiger partial charge >= 0.3 is 5.97 Å². The maximum Gasteiger partial charge on any atom is 0.309 e. The van der Waals surface area contributed by atoms with Gasteiger partial charge in [-0.15, -0.1) is 0 Å². The molecule has 0 spiro atoms. The van der Waals surface area contributed by atoms with E-state index >= 15 is 0 Å². The zero-order chi connectivity index (χ0) is 12.7. The van der Waals surface area contributed by atoms with Gasteiger partial charge in [-0.25, -0.2) is 0 Å². The summed E-state index contributed by atoms with van der Waals surface area (Å²) < 4.78 is 10.2. The van der Waals surface area contributed by atoms with Gasteiger partial charge in [-0.05, 0) is 27.8 Å². The first-order chi connectivity index (χ1) is 7.40. The van der Waals surface area contributed by atoms with Crippen molar-refractivity contribution < 1.29 is 14.3 Å². The van der Waals surface area contributed by atoms with Gasteiger partial charge in [0.1, 0.15) is 0 Å². The van der Waals surface area contributed by atoms with Crippen molar-refractivity contribution in [3.05, 3.63) is 0 Å². The van der Waals surface area contributed by atoms with Crippen LogP contribution >= 0.6 is 0 Å². The third-order valence-corrected chi connectivity index (χ3v) is 2.89. The summed E-state index contributed by atoms with van der Waals surface area (Å²) in [5.41, 5.74) is 0. The monoisotopic (exact) mass is 231 g/mol. The van der Waals surface area contributed by atoms with Crippen LogP contribution in [-0.4, -0.2) is 50.3 Å². The average molecular weight is 231 g/mol. The summed E-state index contributed by atoms with van der Waals surface area (Å²) >= 11 is 0. The third kappa shape index (κ3) is 5.47. The van der Waals surface area contributed by atoms with Crippen molar-refractivity contribution in [2.45, 2.75) is 39.8 Å². The summed E-state index contributed by atoms with van der Waals surface area (Å²) in [5, 5.41) is 0. The molecule has 0 radical (unpaired) electrons. The van der Waals surface area contributed by atoms with Gasteiger partial charge in [-0.1, -0.05) is 6.92 Å². The number of hydrogen-bond acceptors (Lipinski definition) is 4. The number of likely N-dealkylation sites (N-methyl/N-ethyl adjacent to an activating group) is 1. The number of esters is 1. The second-order valence-electron chi connectivity index (χ2n) is 4.45. The highest BCUT2D eigenvalue weighted by Crippen LogP contribution is 2.10. The van der Waals surface area contributed by atoms with E-state index in [1.54, 1.807) is 0 Å². The predicted octanol–water partition coefficient (Wildman–Crippen LogP) is 1.54. The molecule has 0 aromatic heterocycles. The van der Waals surface area contributed by atoms with Gasteiger partial charge in [0.05, 0.1) is 25.7 Å². The Labute approximate surface area is 98.9 Å². The van der Waals surface area contributed by atoms with Crippen LogP contribution in [0.15, 0.2) is 0 Å². The Hall–Kier alpha value is -0.610. The van der Waals surface area contributed by atoms with Gasteiger partial charge in [-0.3, -0.25) is 4.79 Å². The maximum absolute atomic E-state index is 11.4. The number of ether oxygens (including phenoxy) is 2. The molecule has 4 heteroatoms. The maximum atomic E-state index is 11.4. The number of hydrogen-bond donors (Lipinski definition) is 0. The molecule has 0 saturated heterocycles. The van der Waals surface area contributed by atoms with Gasteiger partial charge in [0.15, 0.2) is 0 Å². The summed E-state index contributed by atoms with van der Waals surface area (Å²) in [6.45, 7) is 9.45. The predicted molar refractivity (Wildman–Crippen MR) is 64.4 cm³/mol. The van der Waals surface area contributed by atoms with E-state index < -0.39 is 0 Å². The van der Waals surface area contributed by atoms with Crippen molar-refractivity contribution in [2.24, 2.45) is 5.92 Å². The van der Waals surface area contributed by atoms with Crippen molar-refractivity contribution in [2.75, 3.05) is 27.3 Å². The smallest absolute Gasteiger partial charge is 0.309 e. The number of methoxy groups -OCH3 is 1. The van der Waals surface area contributed by atoms with Gasteiger partial charge < -0.3 is 14.4 Å². The highest BCUT2D eigenvalue weighted by atomic mass is 16.5. The molecule has 0 fully saturated rings. The Morgan fingerprint density at radius 3 is 2.25 bits per heavy atom. The summed E-state index contributed by atoms with van der Waals surface area (Å²) in [6, 6.07) is 0.156. The second-order valence-corrected chi connectivity index (χ2v) is 4.45. The van der Waals surface area contributed by atoms with Crippen LogP contribution < -0.4 is 0 Å². The molecule has 2 atom stereocenters. The highest BCUT2D eigenvalue weighted by molar-refractivity contribution is 5.72. The molecule has 0 heterocycles. The molecule has 96 valence electrons. The first-order valence-electron chi connectivity index (χ1n) is 5.79. The van der Waals surface area contributed by atoms with Crippen LogP contribution in [0.3, 0.4) is 0 Å². The first-order valence-corrected chi connectivity index (χ1v) is 5.79. The van der Waals surface area contributed by atoms with E-state index in [9.17, 15) is 4.79 Å². The lowest BCUT2D eigenvalue weighted by atomic mass is 10.0. The van der Waals surface area contributed by atoms with Gasteiger partial charge in [0, 0.05) is 12.6 Å². The molecular weight excluding hydrogens is 206 g/mol. The molecule has 0 aromatic rings. The second kappa shape index (κ2) is 7.63.